The highest BCUT2D eigenvalue weighted by Crippen LogP contribution is 2.29. The maximum atomic E-state index is 12.7. The van der Waals surface area contributed by atoms with Crippen molar-refractivity contribution in [3.05, 3.63) is 18.1 Å². The van der Waals surface area contributed by atoms with Gasteiger partial charge in [-0.3, -0.25) is 4.79 Å². The molecule has 1 unspecified atom stereocenters. The predicted octanol–water partition coefficient (Wildman–Crippen LogP) is 2.63. The Morgan fingerprint density at radius 1 is 1.43 bits per heavy atom. The van der Waals surface area contributed by atoms with Crippen molar-refractivity contribution in [2.75, 3.05) is 18.0 Å². The number of rotatable bonds is 4. The Bertz CT molecular complexity index is 542. The third-order valence-corrected chi connectivity index (χ3v) is 4.17. The zero-order valence-electron chi connectivity index (χ0n) is 13.2. The summed E-state index contributed by atoms with van der Waals surface area (Å²) in [6, 6.07) is 1.57. The Balaban J connectivity index is 1.95. The second-order valence-electron chi connectivity index (χ2n) is 5.77. The molecule has 23 heavy (non-hydrogen) atoms. The van der Waals surface area contributed by atoms with Crippen LogP contribution in [0, 0.1) is 5.92 Å². The van der Waals surface area contributed by atoms with E-state index in [9.17, 15) is 18.0 Å². The van der Waals surface area contributed by atoms with Crippen LogP contribution in [0.5, 0.6) is 0 Å². The first-order valence-electron chi connectivity index (χ1n) is 7.75. The zero-order chi connectivity index (χ0) is 17.0. The minimum Gasteiger partial charge on any atom is -0.356 e. The minimum atomic E-state index is -4.53. The fraction of sp³-hybridized carbons (Fsp3) is 0.667. The summed E-state index contributed by atoms with van der Waals surface area (Å²) in [4.78, 5) is 20.2. The number of alkyl halides is 3. The van der Waals surface area contributed by atoms with Gasteiger partial charge in [-0.2, -0.15) is 13.2 Å². The van der Waals surface area contributed by atoms with Crippen LogP contribution in [0.2, 0.25) is 0 Å². The molecule has 1 aliphatic rings. The van der Waals surface area contributed by atoms with Gasteiger partial charge < -0.3 is 10.2 Å². The summed E-state index contributed by atoms with van der Waals surface area (Å²) in [5.74, 6) is -0.465. The normalized spacial score (nSPS) is 17.9. The average Bonchev–Trinajstić information content (AvgIpc) is 2.54. The number of anilines is 1. The third kappa shape index (κ3) is 4.56. The summed E-state index contributed by atoms with van der Waals surface area (Å²) in [5, 5.41) is 2.95. The molecule has 1 amide bonds. The molecule has 2 heterocycles. The van der Waals surface area contributed by atoms with Crippen molar-refractivity contribution in [2.24, 2.45) is 5.92 Å². The van der Waals surface area contributed by atoms with E-state index in [1.54, 1.807) is 6.92 Å². The summed E-state index contributed by atoms with van der Waals surface area (Å²) >= 11 is 0. The summed E-state index contributed by atoms with van der Waals surface area (Å²) in [7, 11) is 0. The van der Waals surface area contributed by atoms with E-state index < -0.39 is 12.0 Å². The van der Waals surface area contributed by atoms with Crippen LogP contribution in [0.15, 0.2) is 12.3 Å². The lowest BCUT2D eigenvalue weighted by Crippen LogP contribution is -2.44. The Morgan fingerprint density at radius 3 is 2.65 bits per heavy atom. The number of piperidine rings is 1. The lowest BCUT2D eigenvalue weighted by molar-refractivity contribution is -0.144. The van der Waals surface area contributed by atoms with Gasteiger partial charge in [0, 0.05) is 31.7 Å². The van der Waals surface area contributed by atoms with Crippen LogP contribution < -0.4 is 10.2 Å². The third-order valence-electron chi connectivity index (χ3n) is 4.17. The van der Waals surface area contributed by atoms with Crippen LogP contribution in [-0.4, -0.2) is 35.0 Å². The monoisotopic (exact) mass is 330 g/mol. The van der Waals surface area contributed by atoms with Gasteiger partial charge in [0.2, 0.25) is 11.7 Å². The summed E-state index contributed by atoms with van der Waals surface area (Å²) in [5.41, 5.74) is 0. The van der Waals surface area contributed by atoms with Crippen molar-refractivity contribution in [1.82, 2.24) is 15.3 Å². The number of aromatic nitrogens is 2. The van der Waals surface area contributed by atoms with Crippen molar-refractivity contribution in [3.8, 4) is 0 Å². The first kappa shape index (κ1) is 17.5. The van der Waals surface area contributed by atoms with Crippen LogP contribution in [0.4, 0.5) is 19.0 Å². The number of halogens is 3. The maximum Gasteiger partial charge on any atom is 0.451 e. The van der Waals surface area contributed by atoms with Crippen molar-refractivity contribution < 1.29 is 18.0 Å². The summed E-state index contributed by atoms with van der Waals surface area (Å²) in [6.07, 6.45) is -1.34. The van der Waals surface area contributed by atoms with Crippen LogP contribution in [0.1, 0.15) is 38.9 Å². The van der Waals surface area contributed by atoms with Gasteiger partial charge in [0.1, 0.15) is 5.82 Å². The fourth-order valence-electron chi connectivity index (χ4n) is 2.76. The topological polar surface area (TPSA) is 58.1 Å². The molecule has 0 aliphatic carbocycles. The molecular weight excluding hydrogens is 309 g/mol. The molecule has 1 atom stereocenters. The number of nitrogens with zero attached hydrogens (tertiary/aromatic N) is 3. The van der Waals surface area contributed by atoms with Crippen molar-refractivity contribution >= 4 is 11.7 Å². The number of nitrogens with one attached hydrogen (secondary N) is 1. The van der Waals surface area contributed by atoms with Crippen LogP contribution in [-0.2, 0) is 11.0 Å². The molecule has 0 spiro atoms. The lowest BCUT2D eigenvalue weighted by Gasteiger charge is -2.35. The smallest absolute Gasteiger partial charge is 0.356 e. The van der Waals surface area contributed by atoms with Crippen molar-refractivity contribution in [3.63, 3.8) is 0 Å². The number of carbonyl (C=O) groups is 1. The number of hydrogen-bond donors (Lipinski definition) is 1. The molecular formula is C15H21F3N4O. The van der Waals surface area contributed by atoms with E-state index in [4.69, 9.17) is 0 Å². The molecule has 0 aromatic carbocycles. The van der Waals surface area contributed by atoms with Gasteiger partial charge in [0.05, 0.1) is 0 Å². The average molecular weight is 330 g/mol. The van der Waals surface area contributed by atoms with Crippen molar-refractivity contribution in [1.29, 1.82) is 0 Å². The molecule has 2 rings (SSSR count). The standard InChI is InChI=1S/C15H21F3N4O/c1-3-13(23)20-10(2)11-5-8-22(9-6-11)12-4-7-19-14(21-12)15(16,17)18/h4,7,10-11H,3,5-6,8-9H2,1-2H3,(H,20,23). The van der Waals surface area contributed by atoms with Gasteiger partial charge in [-0.05, 0) is 31.7 Å². The first-order chi connectivity index (χ1) is 10.8. The Hall–Kier alpha value is -1.86. The van der Waals surface area contributed by atoms with Gasteiger partial charge >= 0.3 is 6.18 Å². The van der Waals surface area contributed by atoms with Gasteiger partial charge in [0.25, 0.3) is 0 Å². The van der Waals surface area contributed by atoms with Gasteiger partial charge in [-0.25, -0.2) is 9.97 Å². The van der Waals surface area contributed by atoms with E-state index in [1.807, 2.05) is 11.8 Å². The molecule has 1 aromatic rings. The van der Waals surface area contributed by atoms with Crippen LogP contribution >= 0.6 is 0 Å². The molecule has 0 saturated carbocycles. The predicted molar refractivity (Wildman–Crippen MR) is 79.9 cm³/mol. The molecule has 1 N–H and O–H groups in total. The van der Waals surface area contributed by atoms with Gasteiger partial charge in [0.15, 0.2) is 0 Å². The highest BCUT2D eigenvalue weighted by atomic mass is 19.4. The number of carbonyl (C=O) groups excluding carboxylic acids is 1. The van der Waals surface area contributed by atoms with Crippen molar-refractivity contribution in [2.45, 2.75) is 45.3 Å². The molecule has 1 aliphatic heterocycles. The molecule has 1 fully saturated rings. The Kier molecular flexibility index (Phi) is 5.43. The largest absolute Gasteiger partial charge is 0.451 e. The summed E-state index contributed by atoms with van der Waals surface area (Å²) in [6.45, 7) is 5.01. The minimum absolute atomic E-state index is 0.0190. The molecule has 0 radical (unpaired) electrons. The molecule has 1 aromatic heterocycles. The fourth-order valence-corrected chi connectivity index (χ4v) is 2.76. The molecule has 8 heteroatoms. The lowest BCUT2D eigenvalue weighted by atomic mass is 9.90. The zero-order valence-corrected chi connectivity index (χ0v) is 13.2. The maximum absolute atomic E-state index is 12.7. The summed E-state index contributed by atoms with van der Waals surface area (Å²) < 4.78 is 38.0. The SMILES string of the molecule is CCC(=O)NC(C)C1CCN(c2ccnc(C(F)(F)F)n2)CC1. The van der Waals surface area contributed by atoms with E-state index in [0.29, 0.717) is 31.2 Å². The Labute approximate surface area is 133 Å². The quantitative estimate of drug-likeness (QED) is 0.922. The molecule has 128 valence electrons. The first-order valence-corrected chi connectivity index (χ1v) is 7.75. The van der Waals surface area contributed by atoms with Gasteiger partial charge in [-0.15, -0.1) is 0 Å². The van der Waals surface area contributed by atoms with Crippen LogP contribution in [0.25, 0.3) is 0 Å². The van der Waals surface area contributed by atoms with E-state index in [-0.39, 0.29) is 11.9 Å². The second-order valence-corrected chi connectivity index (χ2v) is 5.77. The molecule has 0 bridgehead atoms. The van der Waals surface area contributed by atoms with E-state index in [0.717, 1.165) is 19.0 Å². The Morgan fingerprint density at radius 2 is 2.09 bits per heavy atom. The van der Waals surface area contributed by atoms with Crippen LogP contribution in [0.3, 0.4) is 0 Å². The highest BCUT2D eigenvalue weighted by molar-refractivity contribution is 5.75. The van der Waals surface area contributed by atoms with E-state index >= 15 is 0 Å². The van der Waals surface area contributed by atoms with E-state index in [2.05, 4.69) is 15.3 Å². The van der Waals surface area contributed by atoms with E-state index in [1.165, 1.54) is 6.07 Å². The highest BCUT2D eigenvalue weighted by Gasteiger charge is 2.35. The second kappa shape index (κ2) is 7.14. The number of hydrogen-bond acceptors (Lipinski definition) is 4. The van der Waals surface area contributed by atoms with Gasteiger partial charge in [-0.1, -0.05) is 6.92 Å². The molecule has 5 nitrogen and oxygen atoms in total. The number of amides is 1. The molecule has 1 saturated heterocycles.